The normalized spacial score (nSPS) is 10.6. The molecule has 0 atom stereocenters. The summed E-state index contributed by atoms with van der Waals surface area (Å²) < 4.78 is 0. The molecule has 0 fully saturated rings. The second kappa shape index (κ2) is 5.70. The highest BCUT2D eigenvalue weighted by molar-refractivity contribution is 5.74. The quantitative estimate of drug-likeness (QED) is 0.628. The molecule has 0 aliphatic heterocycles. The lowest BCUT2D eigenvalue weighted by molar-refractivity contribution is -0.394. The fraction of sp³-hybridized carbons (Fsp3) is 0. The van der Waals surface area contributed by atoms with Crippen molar-refractivity contribution < 1.29 is 9.85 Å². The summed E-state index contributed by atoms with van der Waals surface area (Å²) in [5, 5.41) is 21.6. The standard InChI is InChI=1S/C13H9N3O4/c17-15(18)12-4-3-11(13(9-12)16(19)20)2-1-10-5-7-14-8-6-10/h1-9H/b2-1+. The Labute approximate surface area is 113 Å². The minimum absolute atomic E-state index is 0.301. The summed E-state index contributed by atoms with van der Waals surface area (Å²) in [4.78, 5) is 24.1. The highest BCUT2D eigenvalue weighted by Crippen LogP contribution is 2.26. The van der Waals surface area contributed by atoms with Crippen LogP contribution in [-0.2, 0) is 0 Å². The molecule has 0 aliphatic rings. The molecule has 100 valence electrons. The topological polar surface area (TPSA) is 99.2 Å². The Kier molecular flexibility index (Phi) is 3.80. The van der Waals surface area contributed by atoms with Gasteiger partial charge in [0.15, 0.2) is 0 Å². The lowest BCUT2D eigenvalue weighted by Gasteiger charge is -1.98. The number of benzene rings is 1. The first-order chi connectivity index (χ1) is 9.58. The molecular formula is C13H9N3O4. The predicted octanol–water partition coefficient (Wildman–Crippen LogP) is 3.07. The summed E-state index contributed by atoms with van der Waals surface area (Å²) in [6.45, 7) is 0. The number of rotatable bonds is 4. The van der Waals surface area contributed by atoms with Gasteiger partial charge >= 0.3 is 0 Å². The SMILES string of the molecule is O=[N+]([O-])c1ccc(/C=C/c2ccncc2)c([N+](=O)[O-])c1. The van der Waals surface area contributed by atoms with Crippen LogP contribution in [0.5, 0.6) is 0 Å². The molecule has 1 aromatic heterocycles. The maximum atomic E-state index is 10.9. The summed E-state index contributed by atoms with van der Waals surface area (Å²) >= 11 is 0. The Morgan fingerprint density at radius 2 is 1.65 bits per heavy atom. The lowest BCUT2D eigenvalue weighted by Crippen LogP contribution is -1.94. The molecule has 0 unspecified atom stereocenters. The minimum Gasteiger partial charge on any atom is -0.265 e. The van der Waals surface area contributed by atoms with Crippen LogP contribution in [-0.4, -0.2) is 14.8 Å². The Morgan fingerprint density at radius 3 is 2.25 bits per heavy atom. The summed E-state index contributed by atoms with van der Waals surface area (Å²) in [7, 11) is 0. The number of nitro groups is 2. The molecule has 1 aromatic carbocycles. The molecule has 0 radical (unpaired) electrons. The van der Waals surface area contributed by atoms with Crippen molar-refractivity contribution >= 4 is 23.5 Å². The number of nitrogens with zero attached hydrogens (tertiary/aromatic N) is 3. The van der Waals surface area contributed by atoms with E-state index < -0.39 is 9.85 Å². The van der Waals surface area contributed by atoms with E-state index in [2.05, 4.69) is 4.98 Å². The third-order valence-corrected chi connectivity index (χ3v) is 2.58. The zero-order chi connectivity index (χ0) is 14.5. The Hall–Kier alpha value is -3.09. The number of hydrogen-bond donors (Lipinski definition) is 0. The van der Waals surface area contributed by atoms with E-state index in [1.165, 1.54) is 18.2 Å². The van der Waals surface area contributed by atoms with Gasteiger partial charge in [-0.25, -0.2) is 0 Å². The third kappa shape index (κ3) is 3.02. The zero-order valence-electron chi connectivity index (χ0n) is 10.2. The average Bonchev–Trinajstić information content (AvgIpc) is 2.45. The van der Waals surface area contributed by atoms with Crippen LogP contribution in [0, 0.1) is 20.2 Å². The van der Waals surface area contributed by atoms with Crippen molar-refractivity contribution in [3.05, 3.63) is 74.1 Å². The van der Waals surface area contributed by atoms with Gasteiger partial charge in [-0.3, -0.25) is 25.2 Å². The van der Waals surface area contributed by atoms with E-state index in [0.717, 1.165) is 11.6 Å². The van der Waals surface area contributed by atoms with Gasteiger partial charge in [0.05, 0.1) is 21.5 Å². The van der Waals surface area contributed by atoms with Gasteiger partial charge in [-0.05, 0) is 29.8 Å². The first kappa shape index (κ1) is 13.3. The van der Waals surface area contributed by atoms with Gasteiger partial charge in [-0.2, -0.15) is 0 Å². The largest absolute Gasteiger partial charge is 0.283 e. The predicted molar refractivity (Wildman–Crippen MR) is 72.9 cm³/mol. The smallest absolute Gasteiger partial charge is 0.265 e. The maximum absolute atomic E-state index is 10.9. The Bertz CT molecular complexity index is 683. The van der Waals surface area contributed by atoms with Gasteiger partial charge in [-0.1, -0.05) is 6.08 Å². The van der Waals surface area contributed by atoms with E-state index in [4.69, 9.17) is 0 Å². The van der Waals surface area contributed by atoms with Crippen molar-refractivity contribution in [1.29, 1.82) is 0 Å². The van der Waals surface area contributed by atoms with Crippen molar-refractivity contribution in [3.63, 3.8) is 0 Å². The van der Waals surface area contributed by atoms with Crippen LogP contribution in [0.1, 0.15) is 11.1 Å². The van der Waals surface area contributed by atoms with Crippen molar-refractivity contribution in [1.82, 2.24) is 4.98 Å². The van der Waals surface area contributed by atoms with Crippen LogP contribution in [0.25, 0.3) is 12.2 Å². The third-order valence-electron chi connectivity index (χ3n) is 2.58. The molecule has 2 rings (SSSR count). The van der Waals surface area contributed by atoms with Gasteiger partial charge in [-0.15, -0.1) is 0 Å². The molecule has 0 spiro atoms. The first-order valence-electron chi connectivity index (χ1n) is 5.59. The first-order valence-corrected chi connectivity index (χ1v) is 5.59. The number of hydrogen-bond acceptors (Lipinski definition) is 5. The summed E-state index contributed by atoms with van der Waals surface area (Å²) in [5.41, 5.74) is 0.521. The summed E-state index contributed by atoms with van der Waals surface area (Å²) in [6.07, 6.45) is 6.42. The molecule has 1 heterocycles. The van der Waals surface area contributed by atoms with E-state index in [1.54, 1.807) is 30.6 Å². The molecule has 0 saturated heterocycles. The Morgan fingerprint density at radius 1 is 0.950 bits per heavy atom. The van der Waals surface area contributed by atoms with Gasteiger partial charge in [0.25, 0.3) is 11.4 Å². The fourth-order valence-electron chi connectivity index (χ4n) is 1.61. The van der Waals surface area contributed by atoms with Gasteiger partial charge in [0.2, 0.25) is 0 Å². The number of non-ortho nitro benzene ring substituents is 1. The van der Waals surface area contributed by atoms with Crippen LogP contribution in [0.3, 0.4) is 0 Å². The lowest BCUT2D eigenvalue weighted by atomic mass is 10.1. The van der Waals surface area contributed by atoms with E-state index in [1.807, 2.05) is 0 Å². The van der Waals surface area contributed by atoms with Crippen molar-refractivity contribution in [3.8, 4) is 0 Å². The Balaban J connectivity index is 2.39. The van der Waals surface area contributed by atoms with E-state index in [0.29, 0.717) is 5.56 Å². The van der Waals surface area contributed by atoms with Crippen LogP contribution in [0.15, 0.2) is 42.7 Å². The summed E-state index contributed by atoms with van der Waals surface area (Å²) in [5.74, 6) is 0. The highest BCUT2D eigenvalue weighted by atomic mass is 16.6. The molecule has 0 saturated carbocycles. The van der Waals surface area contributed by atoms with Crippen LogP contribution < -0.4 is 0 Å². The van der Waals surface area contributed by atoms with Crippen LogP contribution in [0.2, 0.25) is 0 Å². The molecule has 0 N–H and O–H groups in total. The average molecular weight is 271 g/mol. The van der Waals surface area contributed by atoms with Crippen LogP contribution in [0.4, 0.5) is 11.4 Å². The zero-order valence-corrected chi connectivity index (χ0v) is 10.2. The van der Waals surface area contributed by atoms with Crippen molar-refractivity contribution in [2.75, 3.05) is 0 Å². The maximum Gasteiger partial charge on any atom is 0.283 e. The van der Waals surface area contributed by atoms with Crippen molar-refractivity contribution in [2.24, 2.45) is 0 Å². The van der Waals surface area contributed by atoms with Gasteiger partial charge < -0.3 is 0 Å². The van der Waals surface area contributed by atoms with E-state index in [9.17, 15) is 20.2 Å². The number of nitro benzene ring substituents is 2. The van der Waals surface area contributed by atoms with Crippen LogP contribution >= 0.6 is 0 Å². The van der Waals surface area contributed by atoms with E-state index >= 15 is 0 Å². The fourth-order valence-corrected chi connectivity index (χ4v) is 1.61. The molecule has 0 bridgehead atoms. The number of pyridine rings is 1. The molecule has 2 aromatic rings. The molecule has 20 heavy (non-hydrogen) atoms. The van der Waals surface area contributed by atoms with Gasteiger partial charge in [0, 0.05) is 18.5 Å². The molecule has 7 heteroatoms. The second-order valence-corrected chi connectivity index (χ2v) is 3.87. The van der Waals surface area contributed by atoms with E-state index in [-0.39, 0.29) is 11.4 Å². The molecular weight excluding hydrogens is 262 g/mol. The number of aromatic nitrogens is 1. The van der Waals surface area contributed by atoms with Crippen molar-refractivity contribution in [2.45, 2.75) is 0 Å². The second-order valence-electron chi connectivity index (χ2n) is 3.87. The minimum atomic E-state index is -0.663. The highest BCUT2D eigenvalue weighted by Gasteiger charge is 2.17. The molecule has 7 nitrogen and oxygen atoms in total. The monoisotopic (exact) mass is 271 g/mol. The molecule has 0 amide bonds. The van der Waals surface area contributed by atoms with Gasteiger partial charge in [0.1, 0.15) is 0 Å². The summed E-state index contributed by atoms with van der Waals surface area (Å²) in [6, 6.07) is 7.03. The molecule has 0 aliphatic carbocycles.